The lowest BCUT2D eigenvalue weighted by molar-refractivity contribution is -0.131. The minimum Gasteiger partial charge on any atom is -0.336 e. The lowest BCUT2D eigenvalue weighted by atomic mass is 10.1. The van der Waals surface area contributed by atoms with E-state index in [-0.39, 0.29) is 23.7 Å². The summed E-state index contributed by atoms with van der Waals surface area (Å²) < 4.78 is 12.8. The van der Waals surface area contributed by atoms with Crippen LogP contribution in [0, 0.1) is 5.82 Å². The average molecular weight is 275 g/mol. The standard InChI is InChI=1S/C14H14FN3O2/c15-10-3-1-9(2-4-10)7-13(19)18-6-5-11-12(8-18)16-17-14(11)20/h1-4H,5-8H2,(H2,16,17,20). The maximum absolute atomic E-state index is 12.8. The van der Waals surface area contributed by atoms with Gasteiger partial charge in [0.25, 0.3) is 5.56 Å². The third-order valence-corrected chi connectivity index (χ3v) is 3.57. The fourth-order valence-corrected chi connectivity index (χ4v) is 2.44. The lowest BCUT2D eigenvalue weighted by Gasteiger charge is -2.26. The second-order valence-corrected chi connectivity index (χ2v) is 4.90. The van der Waals surface area contributed by atoms with E-state index >= 15 is 0 Å². The number of nitrogens with zero attached hydrogens (tertiary/aromatic N) is 1. The van der Waals surface area contributed by atoms with Crippen molar-refractivity contribution in [2.45, 2.75) is 19.4 Å². The van der Waals surface area contributed by atoms with Crippen molar-refractivity contribution in [3.05, 3.63) is 57.3 Å². The summed E-state index contributed by atoms with van der Waals surface area (Å²) in [5.41, 5.74) is 2.18. The zero-order valence-electron chi connectivity index (χ0n) is 10.8. The van der Waals surface area contributed by atoms with Crippen LogP contribution in [-0.4, -0.2) is 27.5 Å². The number of hydrogen-bond acceptors (Lipinski definition) is 2. The van der Waals surface area contributed by atoms with Crippen LogP contribution >= 0.6 is 0 Å². The Morgan fingerprint density at radius 2 is 2.00 bits per heavy atom. The highest BCUT2D eigenvalue weighted by atomic mass is 19.1. The molecule has 1 amide bonds. The smallest absolute Gasteiger partial charge is 0.267 e. The second kappa shape index (κ2) is 4.96. The molecule has 2 aromatic rings. The number of benzene rings is 1. The van der Waals surface area contributed by atoms with E-state index < -0.39 is 0 Å². The summed E-state index contributed by atoms with van der Waals surface area (Å²) in [4.78, 5) is 25.3. The molecule has 20 heavy (non-hydrogen) atoms. The largest absolute Gasteiger partial charge is 0.336 e. The normalized spacial score (nSPS) is 14.2. The van der Waals surface area contributed by atoms with Gasteiger partial charge in [0.2, 0.25) is 5.91 Å². The molecule has 0 saturated heterocycles. The summed E-state index contributed by atoms with van der Waals surface area (Å²) in [5.74, 6) is -0.335. The van der Waals surface area contributed by atoms with Crippen LogP contribution in [0.2, 0.25) is 0 Å². The van der Waals surface area contributed by atoms with Gasteiger partial charge in [0, 0.05) is 12.1 Å². The molecule has 1 aromatic carbocycles. The van der Waals surface area contributed by atoms with E-state index in [4.69, 9.17) is 0 Å². The van der Waals surface area contributed by atoms with Gasteiger partial charge in [-0.05, 0) is 24.1 Å². The van der Waals surface area contributed by atoms with Gasteiger partial charge in [-0.2, -0.15) is 0 Å². The maximum atomic E-state index is 12.8. The second-order valence-electron chi connectivity index (χ2n) is 4.90. The third kappa shape index (κ3) is 2.36. The van der Waals surface area contributed by atoms with Crippen molar-refractivity contribution >= 4 is 5.91 Å². The Balaban J connectivity index is 1.70. The first-order valence-electron chi connectivity index (χ1n) is 6.44. The van der Waals surface area contributed by atoms with Gasteiger partial charge in [-0.3, -0.25) is 14.7 Å². The van der Waals surface area contributed by atoms with E-state index in [0.717, 1.165) is 16.8 Å². The molecule has 0 saturated carbocycles. The highest BCUT2D eigenvalue weighted by Gasteiger charge is 2.23. The fourth-order valence-electron chi connectivity index (χ4n) is 2.44. The molecular formula is C14H14FN3O2. The first-order valence-corrected chi connectivity index (χ1v) is 6.44. The molecule has 2 heterocycles. The fraction of sp³-hybridized carbons (Fsp3) is 0.286. The number of amides is 1. The Hall–Kier alpha value is -2.37. The number of hydrogen-bond donors (Lipinski definition) is 2. The number of nitrogens with one attached hydrogen (secondary N) is 2. The molecule has 0 radical (unpaired) electrons. The Morgan fingerprint density at radius 1 is 1.25 bits per heavy atom. The van der Waals surface area contributed by atoms with E-state index in [9.17, 15) is 14.0 Å². The van der Waals surface area contributed by atoms with Crippen LogP contribution in [0.15, 0.2) is 29.1 Å². The van der Waals surface area contributed by atoms with Gasteiger partial charge in [0.15, 0.2) is 0 Å². The molecule has 104 valence electrons. The molecule has 6 heteroatoms. The minimum atomic E-state index is -0.311. The highest BCUT2D eigenvalue weighted by molar-refractivity contribution is 5.79. The van der Waals surface area contributed by atoms with Crippen LogP contribution in [0.25, 0.3) is 0 Å². The number of carbonyl (C=O) groups is 1. The van der Waals surface area contributed by atoms with Gasteiger partial charge in [-0.25, -0.2) is 4.39 Å². The Labute approximate surface area is 114 Å². The summed E-state index contributed by atoms with van der Waals surface area (Å²) in [6.07, 6.45) is 0.799. The van der Waals surface area contributed by atoms with Gasteiger partial charge >= 0.3 is 0 Å². The van der Waals surface area contributed by atoms with E-state index in [1.165, 1.54) is 12.1 Å². The molecule has 0 unspecified atom stereocenters. The zero-order valence-corrected chi connectivity index (χ0v) is 10.8. The van der Waals surface area contributed by atoms with E-state index in [0.29, 0.717) is 19.5 Å². The predicted octanol–water partition coefficient (Wildman–Crippen LogP) is 0.969. The van der Waals surface area contributed by atoms with Gasteiger partial charge in [0.05, 0.1) is 18.7 Å². The number of aromatic nitrogens is 2. The molecule has 1 aliphatic heterocycles. The summed E-state index contributed by atoms with van der Waals surface area (Å²) in [6.45, 7) is 0.946. The van der Waals surface area contributed by atoms with Crippen molar-refractivity contribution in [3.8, 4) is 0 Å². The van der Waals surface area contributed by atoms with Crippen LogP contribution in [0.1, 0.15) is 16.8 Å². The number of H-pyrrole nitrogens is 2. The Bertz CT molecular complexity index is 687. The molecule has 2 N–H and O–H groups in total. The molecule has 0 fully saturated rings. The molecule has 3 rings (SSSR count). The molecule has 0 aliphatic carbocycles. The zero-order chi connectivity index (χ0) is 14.1. The number of aromatic amines is 2. The predicted molar refractivity (Wildman–Crippen MR) is 70.6 cm³/mol. The van der Waals surface area contributed by atoms with Gasteiger partial charge in [-0.1, -0.05) is 12.1 Å². The minimum absolute atomic E-state index is 0.0238. The summed E-state index contributed by atoms with van der Waals surface area (Å²) in [7, 11) is 0. The molecule has 1 aliphatic rings. The number of fused-ring (bicyclic) bond motifs is 1. The summed E-state index contributed by atoms with van der Waals surface area (Å²) >= 11 is 0. The SMILES string of the molecule is O=C(Cc1ccc(F)cc1)N1CCc2c([nH][nH]c2=O)C1. The monoisotopic (exact) mass is 275 g/mol. The van der Waals surface area contributed by atoms with Crippen LogP contribution in [0.3, 0.4) is 0 Å². The molecular weight excluding hydrogens is 261 g/mol. The van der Waals surface area contributed by atoms with Crippen molar-refractivity contribution in [2.24, 2.45) is 0 Å². The molecule has 1 aromatic heterocycles. The summed E-state index contributed by atoms with van der Waals surface area (Å²) in [5, 5.41) is 5.34. The molecule has 0 bridgehead atoms. The van der Waals surface area contributed by atoms with Crippen molar-refractivity contribution in [2.75, 3.05) is 6.54 Å². The lowest BCUT2D eigenvalue weighted by Crippen LogP contribution is -2.37. The third-order valence-electron chi connectivity index (χ3n) is 3.57. The summed E-state index contributed by atoms with van der Waals surface area (Å²) in [6, 6.07) is 5.92. The highest BCUT2D eigenvalue weighted by Crippen LogP contribution is 2.15. The topological polar surface area (TPSA) is 69.0 Å². The number of halogens is 1. The van der Waals surface area contributed by atoms with Crippen molar-refractivity contribution in [1.82, 2.24) is 15.1 Å². The average Bonchev–Trinajstić information content (AvgIpc) is 2.82. The van der Waals surface area contributed by atoms with Crippen molar-refractivity contribution in [1.29, 1.82) is 0 Å². The van der Waals surface area contributed by atoms with Crippen LogP contribution in [0.5, 0.6) is 0 Å². The van der Waals surface area contributed by atoms with E-state index in [1.807, 2.05) is 0 Å². The molecule has 0 spiro atoms. The van der Waals surface area contributed by atoms with Crippen molar-refractivity contribution in [3.63, 3.8) is 0 Å². The Morgan fingerprint density at radius 3 is 2.75 bits per heavy atom. The number of carbonyl (C=O) groups excluding carboxylic acids is 1. The maximum Gasteiger partial charge on any atom is 0.267 e. The van der Waals surface area contributed by atoms with Crippen LogP contribution in [0.4, 0.5) is 4.39 Å². The first kappa shape index (κ1) is 12.7. The van der Waals surface area contributed by atoms with Gasteiger partial charge in [0.1, 0.15) is 5.82 Å². The van der Waals surface area contributed by atoms with Crippen LogP contribution in [-0.2, 0) is 24.2 Å². The van der Waals surface area contributed by atoms with Crippen LogP contribution < -0.4 is 5.56 Å². The van der Waals surface area contributed by atoms with Crippen molar-refractivity contribution < 1.29 is 9.18 Å². The van der Waals surface area contributed by atoms with Gasteiger partial charge < -0.3 is 10.00 Å². The molecule has 0 atom stereocenters. The van der Waals surface area contributed by atoms with E-state index in [1.54, 1.807) is 17.0 Å². The van der Waals surface area contributed by atoms with E-state index in [2.05, 4.69) is 10.2 Å². The molecule has 5 nitrogen and oxygen atoms in total. The van der Waals surface area contributed by atoms with Gasteiger partial charge in [-0.15, -0.1) is 0 Å². The number of rotatable bonds is 2. The first-order chi connectivity index (χ1) is 9.63. The Kier molecular flexibility index (Phi) is 3.14. The quantitative estimate of drug-likeness (QED) is 0.857.